The lowest BCUT2D eigenvalue weighted by atomic mass is 10.1. The fraction of sp³-hybridized carbons (Fsp3) is 0.500. The SMILES string of the molecule is CCCCN(C)CC(=O)c1ccc(OC)c(F)c1. The Morgan fingerprint density at radius 1 is 1.44 bits per heavy atom. The summed E-state index contributed by atoms with van der Waals surface area (Å²) in [5.41, 5.74) is 0.386. The van der Waals surface area contributed by atoms with Crippen LogP contribution in [0.3, 0.4) is 0 Å². The molecule has 0 spiro atoms. The number of carbonyl (C=O) groups excluding carboxylic acids is 1. The van der Waals surface area contributed by atoms with Crippen molar-refractivity contribution in [1.82, 2.24) is 4.90 Å². The van der Waals surface area contributed by atoms with E-state index in [2.05, 4.69) is 6.92 Å². The summed E-state index contributed by atoms with van der Waals surface area (Å²) in [6.45, 7) is 3.29. The molecule has 0 bridgehead atoms. The highest BCUT2D eigenvalue weighted by molar-refractivity contribution is 5.97. The van der Waals surface area contributed by atoms with Gasteiger partial charge in [0.15, 0.2) is 17.3 Å². The third-order valence-electron chi connectivity index (χ3n) is 2.78. The van der Waals surface area contributed by atoms with Crippen molar-refractivity contribution in [2.24, 2.45) is 0 Å². The van der Waals surface area contributed by atoms with Crippen LogP contribution in [0.1, 0.15) is 30.1 Å². The van der Waals surface area contributed by atoms with E-state index in [1.807, 2.05) is 11.9 Å². The second kappa shape index (κ2) is 7.11. The van der Waals surface area contributed by atoms with Gasteiger partial charge in [-0.05, 0) is 38.2 Å². The van der Waals surface area contributed by atoms with E-state index in [0.29, 0.717) is 12.1 Å². The summed E-state index contributed by atoms with van der Waals surface area (Å²) in [7, 11) is 3.30. The second-order valence-electron chi connectivity index (χ2n) is 4.36. The molecule has 4 heteroatoms. The molecule has 0 amide bonds. The fourth-order valence-corrected chi connectivity index (χ4v) is 1.68. The van der Waals surface area contributed by atoms with Crippen molar-refractivity contribution in [1.29, 1.82) is 0 Å². The number of halogens is 1. The highest BCUT2D eigenvalue weighted by Crippen LogP contribution is 2.18. The molecule has 0 saturated carbocycles. The number of rotatable bonds is 7. The molecule has 0 aliphatic heterocycles. The van der Waals surface area contributed by atoms with Gasteiger partial charge in [-0.15, -0.1) is 0 Å². The first kappa shape index (κ1) is 14.6. The van der Waals surface area contributed by atoms with E-state index in [-0.39, 0.29) is 11.5 Å². The molecule has 0 N–H and O–H groups in total. The Morgan fingerprint density at radius 2 is 2.17 bits per heavy atom. The third-order valence-corrected chi connectivity index (χ3v) is 2.78. The molecule has 0 unspecified atom stereocenters. The van der Waals surface area contributed by atoms with Gasteiger partial charge in [-0.2, -0.15) is 0 Å². The number of hydrogen-bond acceptors (Lipinski definition) is 3. The first-order chi connectivity index (χ1) is 8.58. The Hall–Kier alpha value is -1.42. The van der Waals surface area contributed by atoms with Crippen molar-refractivity contribution >= 4 is 5.78 Å². The van der Waals surface area contributed by atoms with Gasteiger partial charge in [0.2, 0.25) is 0 Å². The number of carbonyl (C=O) groups is 1. The minimum absolute atomic E-state index is 0.0739. The van der Waals surface area contributed by atoms with Gasteiger partial charge in [0.25, 0.3) is 0 Å². The van der Waals surface area contributed by atoms with Gasteiger partial charge in [-0.1, -0.05) is 13.3 Å². The molecule has 0 atom stereocenters. The number of unbranched alkanes of at least 4 members (excludes halogenated alkanes) is 1. The normalized spacial score (nSPS) is 10.7. The molecule has 3 nitrogen and oxygen atoms in total. The lowest BCUT2D eigenvalue weighted by Crippen LogP contribution is -2.27. The van der Waals surface area contributed by atoms with Crippen LogP contribution in [0.4, 0.5) is 4.39 Å². The summed E-state index contributed by atoms with van der Waals surface area (Å²) in [4.78, 5) is 13.9. The van der Waals surface area contributed by atoms with Crippen LogP contribution in [0.5, 0.6) is 5.75 Å². The van der Waals surface area contributed by atoms with Crippen molar-refractivity contribution in [3.05, 3.63) is 29.6 Å². The van der Waals surface area contributed by atoms with E-state index < -0.39 is 5.82 Å². The quantitative estimate of drug-likeness (QED) is 0.700. The molecule has 0 heterocycles. The molecule has 1 aromatic carbocycles. The fourth-order valence-electron chi connectivity index (χ4n) is 1.68. The minimum atomic E-state index is -0.500. The summed E-state index contributed by atoms with van der Waals surface area (Å²) < 4.78 is 18.3. The molecule has 100 valence electrons. The van der Waals surface area contributed by atoms with Gasteiger partial charge in [0.05, 0.1) is 13.7 Å². The third kappa shape index (κ3) is 4.11. The maximum Gasteiger partial charge on any atom is 0.176 e. The number of hydrogen-bond donors (Lipinski definition) is 0. The molecule has 0 aliphatic rings. The first-order valence-corrected chi connectivity index (χ1v) is 6.13. The van der Waals surface area contributed by atoms with Gasteiger partial charge >= 0.3 is 0 Å². The number of nitrogens with zero attached hydrogens (tertiary/aromatic N) is 1. The number of ether oxygens (including phenoxy) is 1. The number of likely N-dealkylation sites (N-methyl/N-ethyl adjacent to an activating group) is 1. The summed E-state index contributed by atoms with van der Waals surface area (Å²) in [6, 6.07) is 4.31. The molecule has 0 radical (unpaired) electrons. The molecule has 1 aromatic rings. The van der Waals surface area contributed by atoms with Crippen molar-refractivity contribution < 1.29 is 13.9 Å². The average molecular weight is 253 g/mol. The van der Waals surface area contributed by atoms with Crippen LogP contribution in [0.25, 0.3) is 0 Å². The van der Waals surface area contributed by atoms with E-state index in [1.165, 1.54) is 19.2 Å². The van der Waals surface area contributed by atoms with Crippen LogP contribution in [0.15, 0.2) is 18.2 Å². The molecule has 18 heavy (non-hydrogen) atoms. The number of methoxy groups -OCH3 is 1. The number of Topliss-reactive ketones (excluding diaryl/α,β-unsaturated/α-hetero) is 1. The zero-order chi connectivity index (χ0) is 13.5. The zero-order valence-electron chi connectivity index (χ0n) is 11.2. The molecule has 0 saturated heterocycles. The largest absolute Gasteiger partial charge is 0.494 e. The van der Waals surface area contributed by atoms with Crippen molar-refractivity contribution in [2.45, 2.75) is 19.8 Å². The molecule has 0 aromatic heterocycles. The summed E-state index contributed by atoms with van der Waals surface area (Å²) in [5.74, 6) is -0.416. The van der Waals surface area contributed by atoms with E-state index in [0.717, 1.165) is 19.4 Å². The van der Waals surface area contributed by atoms with Crippen molar-refractivity contribution in [3.8, 4) is 5.75 Å². The van der Waals surface area contributed by atoms with E-state index in [1.54, 1.807) is 6.07 Å². The highest BCUT2D eigenvalue weighted by atomic mass is 19.1. The summed E-state index contributed by atoms with van der Waals surface area (Å²) in [5, 5.41) is 0. The Bertz CT molecular complexity index is 407. The predicted molar refractivity (Wildman–Crippen MR) is 69.7 cm³/mol. The molecular weight excluding hydrogens is 233 g/mol. The highest BCUT2D eigenvalue weighted by Gasteiger charge is 2.12. The first-order valence-electron chi connectivity index (χ1n) is 6.13. The molecule has 0 fully saturated rings. The van der Waals surface area contributed by atoms with E-state index in [4.69, 9.17) is 4.74 Å². The molecular formula is C14H20FNO2. The average Bonchev–Trinajstić information content (AvgIpc) is 2.36. The van der Waals surface area contributed by atoms with Crippen LogP contribution in [0.2, 0.25) is 0 Å². The lowest BCUT2D eigenvalue weighted by molar-refractivity contribution is 0.0945. The van der Waals surface area contributed by atoms with Gasteiger partial charge in [-0.3, -0.25) is 9.69 Å². The maximum absolute atomic E-state index is 13.5. The zero-order valence-corrected chi connectivity index (χ0v) is 11.2. The van der Waals surface area contributed by atoms with Gasteiger partial charge in [-0.25, -0.2) is 4.39 Å². The maximum atomic E-state index is 13.5. The van der Waals surface area contributed by atoms with Gasteiger partial charge in [0.1, 0.15) is 0 Å². The van der Waals surface area contributed by atoms with Crippen LogP contribution in [-0.4, -0.2) is 37.9 Å². The Labute approximate surface area is 108 Å². The second-order valence-corrected chi connectivity index (χ2v) is 4.36. The van der Waals surface area contributed by atoms with E-state index in [9.17, 15) is 9.18 Å². The molecule has 0 aliphatic carbocycles. The lowest BCUT2D eigenvalue weighted by Gasteiger charge is -2.15. The van der Waals surface area contributed by atoms with Crippen molar-refractivity contribution in [3.63, 3.8) is 0 Å². The van der Waals surface area contributed by atoms with Gasteiger partial charge < -0.3 is 4.74 Å². The predicted octanol–water partition coefficient (Wildman–Crippen LogP) is 2.75. The Morgan fingerprint density at radius 3 is 2.72 bits per heavy atom. The van der Waals surface area contributed by atoms with Crippen LogP contribution in [0, 0.1) is 5.82 Å². The summed E-state index contributed by atoms with van der Waals surface area (Å²) in [6.07, 6.45) is 2.15. The monoisotopic (exact) mass is 253 g/mol. The van der Waals surface area contributed by atoms with Crippen LogP contribution in [-0.2, 0) is 0 Å². The number of benzene rings is 1. The minimum Gasteiger partial charge on any atom is -0.494 e. The van der Waals surface area contributed by atoms with Gasteiger partial charge in [0, 0.05) is 5.56 Å². The smallest absolute Gasteiger partial charge is 0.176 e. The number of ketones is 1. The molecule has 1 rings (SSSR count). The Kier molecular flexibility index (Phi) is 5.78. The van der Waals surface area contributed by atoms with Crippen LogP contribution >= 0.6 is 0 Å². The topological polar surface area (TPSA) is 29.5 Å². The van der Waals surface area contributed by atoms with Crippen molar-refractivity contribution in [2.75, 3.05) is 27.2 Å². The summed E-state index contributed by atoms with van der Waals surface area (Å²) >= 11 is 0. The standard InChI is InChI=1S/C14H20FNO2/c1-4-5-8-16(2)10-13(17)11-6-7-14(18-3)12(15)9-11/h6-7,9H,4-5,8,10H2,1-3H3. The Balaban J connectivity index is 2.64. The van der Waals surface area contributed by atoms with E-state index >= 15 is 0 Å². The van der Waals surface area contributed by atoms with Crippen LogP contribution < -0.4 is 4.74 Å².